The van der Waals surface area contributed by atoms with Gasteiger partial charge in [0.2, 0.25) is 0 Å². The van der Waals surface area contributed by atoms with Gasteiger partial charge in [0, 0.05) is 11.1 Å². The quantitative estimate of drug-likeness (QED) is 0.509. The highest BCUT2D eigenvalue weighted by Crippen LogP contribution is 2.07. The van der Waals surface area contributed by atoms with Crippen LogP contribution in [-0.2, 0) is 6.54 Å². The van der Waals surface area contributed by atoms with Gasteiger partial charge in [0.15, 0.2) is 6.19 Å². The van der Waals surface area contributed by atoms with Crippen molar-refractivity contribution in [3.8, 4) is 6.19 Å². The van der Waals surface area contributed by atoms with Crippen LogP contribution in [0.3, 0.4) is 0 Å². The van der Waals surface area contributed by atoms with E-state index < -0.39 is 0 Å². The second-order valence-electron chi connectivity index (χ2n) is 1.85. The Labute approximate surface area is 63.3 Å². The fraction of sp³-hybridized carbons (Fsp3) is 0.333. The minimum atomic E-state index is 0.551. The monoisotopic (exact) mass is 153 g/mol. The molecule has 1 rings (SSSR count). The van der Waals surface area contributed by atoms with Crippen molar-refractivity contribution in [2.75, 3.05) is 0 Å². The third-order valence-corrected chi connectivity index (χ3v) is 1.95. The molecule has 0 bridgehead atoms. The molecule has 0 spiro atoms. The summed E-state index contributed by atoms with van der Waals surface area (Å²) in [5, 5.41) is 13.6. The summed E-state index contributed by atoms with van der Waals surface area (Å²) < 4.78 is 0. The second kappa shape index (κ2) is 3.18. The predicted octanol–water partition coefficient (Wildman–Crippen LogP) is 1.02. The highest BCUT2D eigenvalue weighted by Gasteiger charge is 1.94. The van der Waals surface area contributed by atoms with Gasteiger partial charge in [0.25, 0.3) is 0 Å². The van der Waals surface area contributed by atoms with E-state index in [1.807, 2.05) is 18.5 Å². The van der Waals surface area contributed by atoms with Crippen molar-refractivity contribution in [2.24, 2.45) is 0 Å². The Morgan fingerprint density at radius 3 is 3.20 bits per heavy atom. The number of hydrogen-bond acceptors (Lipinski definition) is 4. The average molecular weight is 153 g/mol. The van der Waals surface area contributed by atoms with E-state index in [1.54, 1.807) is 11.3 Å². The molecule has 0 aliphatic heterocycles. The number of nitrogens with one attached hydrogen (secondary N) is 1. The molecule has 0 amide bonds. The molecule has 0 saturated carbocycles. The first-order valence-electron chi connectivity index (χ1n) is 2.86. The topological polar surface area (TPSA) is 48.7 Å². The minimum absolute atomic E-state index is 0.551. The molecule has 3 nitrogen and oxygen atoms in total. The van der Waals surface area contributed by atoms with Crippen molar-refractivity contribution in [3.05, 3.63) is 16.1 Å². The lowest BCUT2D eigenvalue weighted by Crippen LogP contribution is -2.03. The molecule has 1 aromatic heterocycles. The lowest BCUT2D eigenvalue weighted by atomic mass is 10.6. The normalized spacial score (nSPS) is 8.80. The number of nitriles is 1. The maximum Gasteiger partial charge on any atom is 0.176 e. The molecule has 0 aliphatic rings. The zero-order valence-corrected chi connectivity index (χ0v) is 6.40. The van der Waals surface area contributed by atoms with E-state index in [4.69, 9.17) is 5.26 Å². The van der Waals surface area contributed by atoms with Crippen LogP contribution in [-0.4, -0.2) is 4.98 Å². The van der Waals surface area contributed by atoms with Crippen LogP contribution >= 0.6 is 11.3 Å². The zero-order valence-electron chi connectivity index (χ0n) is 5.59. The van der Waals surface area contributed by atoms with Crippen LogP contribution in [0, 0.1) is 18.4 Å². The summed E-state index contributed by atoms with van der Waals surface area (Å²) in [6, 6.07) is 0. The Hall–Kier alpha value is -1.08. The Balaban J connectivity index is 2.52. The predicted molar refractivity (Wildman–Crippen MR) is 39.3 cm³/mol. The van der Waals surface area contributed by atoms with Gasteiger partial charge in [-0.05, 0) is 6.92 Å². The lowest BCUT2D eigenvalue weighted by molar-refractivity contribution is 0.868. The van der Waals surface area contributed by atoms with Gasteiger partial charge >= 0.3 is 0 Å². The number of aryl methyl sites for hydroxylation is 1. The van der Waals surface area contributed by atoms with E-state index >= 15 is 0 Å². The molecule has 0 fully saturated rings. The summed E-state index contributed by atoms with van der Waals surface area (Å²) in [5.74, 6) is 0. The van der Waals surface area contributed by atoms with E-state index in [2.05, 4.69) is 10.3 Å². The zero-order chi connectivity index (χ0) is 7.40. The molecule has 1 N–H and O–H groups in total. The van der Waals surface area contributed by atoms with Crippen molar-refractivity contribution in [1.29, 1.82) is 5.26 Å². The third kappa shape index (κ3) is 1.71. The molecule has 0 atom stereocenters. The molecular formula is C6H7N3S. The maximum atomic E-state index is 8.15. The van der Waals surface area contributed by atoms with E-state index in [9.17, 15) is 0 Å². The van der Waals surface area contributed by atoms with Gasteiger partial charge in [0.1, 0.15) is 5.01 Å². The molecule has 0 radical (unpaired) electrons. The van der Waals surface area contributed by atoms with Crippen LogP contribution in [0.1, 0.15) is 10.7 Å². The first-order valence-corrected chi connectivity index (χ1v) is 3.74. The van der Waals surface area contributed by atoms with Crippen LogP contribution in [0.2, 0.25) is 0 Å². The van der Waals surface area contributed by atoms with E-state index in [0.717, 1.165) is 10.7 Å². The van der Waals surface area contributed by atoms with Gasteiger partial charge in [0.05, 0.1) is 6.54 Å². The summed E-state index contributed by atoms with van der Waals surface area (Å²) in [4.78, 5) is 4.15. The molecule has 4 heteroatoms. The van der Waals surface area contributed by atoms with Gasteiger partial charge in [-0.25, -0.2) is 4.98 Å². The van der Waals surface area contributed by atoms with E-state index in [1.165, 1.54) is 0 Å². The highest BCUT2D eigenvalue weighted by atomic mass is 32.1. The maximum absolute atomic E-state index is 8.15. The molecule has 52 valence electrons. The number of aromatic nitrogens is 1. The molecule has 0 saturated heterocycles. The number of nitrogens with zero attached hydrogens (tertiary/aromatic N) is 2. The summed E-state index contributed by atoms with van der Waals surface area (Å²) >= 11 is 1.56. The van der Waals surface area contributed by atoms with Gasteiger partial charge in [-0.3, -0.25) is 0 Å². The van der Waals surface area contributed by atoms with Crippen LogP contribution in [0.15, 0.2) is 5.38 Å². The van der Waals surface area contributed by atoms with Crippen molar-refractivity contribution in [2.45, 2.75) is 13.5 Å². The van der Waals surface area contributed by atoms with Crippen molar-refractivity contribution in [1.82, 2.24) is 10.3 Å². The van der Waals surface area contributed by atoms with E-state index in [-0.39, 0.29) is 0 Å². The molecule has 10 heavy (non-hydrogen) atoms. The number of rotatable bonds is 2. The minimum Gasteiger partial charge on any atom is -0.317 e. The third-order valence-electron chi connectivity index (χ3n) is 0.985. The van der Waals surface area contributed by atoms with Gasteiger partial charge in [-0.1, -0.05) is 0 Å². The second-order valence-corrected chi connectivity index (χ2v) is 2.79. The fourth-order valence-corrected chi connectivity index (χ4v) is 1.31. The van der Waals surface area contributed by atoms with Crippen molar-refractivity contribution in [3.63, 3.8) is 0 Å². The standard InChI is InChI=1S/C6H7N3S/c1-5-3-10-6(9-5)2-8-4-7/h3,8H,2H2,1H3. The van der Waals surface area contributed by atoms with Crippen molar-refractivity contribution < 1.29 is 0 Å². The fourth-order valence-electron chi connectivity index (χ4n) is 0.599. The smallest absolute Gasteiger partial charge is 0.176 e. The first-order chi connectivity index (χ1) is 4.83. The van der Waals surface area contributed by atoms with E-state index in [0.29, 0.717) is 6.54 Å². The van der Waals surface area contributed by atoms with Gasteiger partial charge in [-0.2, -0.15) is 5.26 Å². The van der Waals surface area contributed by atoms with Crippen LogP contribution in [0.5, 0.6) is 0 Å². The van der Waals surface area contributed by atoms with Crippen LogP contribution in [0.25, 0.3) is 0 Å². The van der Waals surface area contributed by atoms with Crippen LogP contribution < -0.4 is 5.32 Å². The SMILES string of the molecule is Cc1csc(CNC#N)n1. The van der Waals surface area contributed by atoms with Gasteiger partial charge < -0.3 is 5.32 Å². The molecule has 0 aliphatic carbocycles. The Bertz CT molecular complexity index is 248. The summed E-state index contributed by atoms with van der Waals surface area (Å²) in [6.45, 7) is 2.49. The van der Waals surface area contributed by atoms with Gasteiger partial charge in [-0.15, -0.1) is 11.3 Å². The summed E-state index contributed by atoms with van der Waals surface area (Å²) in [6.07, 6.45) is 1.84. The molecule has 1 heterocycles. The summed E-state index contributed by atoms with van der Waals surface area (Å²) in [5.41, 5.74) is 1.01. The number of hydrogen-bond donors (Lipinski definition) is 1. The molecule has 0 aromatic carbocycles. The summed E-state index contributed by atoms with van der Waals surface area (Å²) in [7, 11) is 0. The molecular weight excluding hydrogens is 146 g/mol. The molecule has 0 unspecified atom stereocenters. The Morgan fingerprint density at radius 1 is 1.90 bits per heavy atom. The first kappa shape index (κ1) is 7.03. The van der Waals surface area contributed by atoms with Crippen molar-refractivity contribution >= 4 is 11.3 Å². The number of thiazole rings is 1. The lowest BCUT2D eigenvalue weighted by Gasteiger charge is -1.88. The van der Waals surface area contributed by atoms with Crippen LogP contribution in [0.4, 0.5) is 0 Å². The average Bonchev–Trinajstić information content (AvgIpc) is 2.31. The highest BCUT2D eigenvalue weighted by molar-refractivity contribution is 7.09. The Morgan fingerprint density at radius 2 is 2.70 bits per heavy atom. The Kier molecular flexibility index (Phi) is 2.24. The molecule has 1 aromatic rings. The largest absolute Gasteiger partial charge is 0.317 e.